The third-order valence-corrected chi connectivity index (χ3v) is 5.63. The second-order valence-corrected chi connectivity index (χ2v) is 8.59. The van der Waals surface area contributed by atoms with Gasteiger partial charge in [0.1, 0.15) is 5.82 Å². The number of hydrogen-bond donors (Lipinski definition) is 1. The van der Waals surface area contributed by atoms with Crippen molar-refractivity contribution in [3.8, 4) is 0 Å². The van der Waals surface area contributed by atoms with E-state index in [4.69, 9.17) is 0 Å². The van der Waals surface area contributed by atoms with Gasteiger partial charge in [0.05, 0.1) is 9.54 Å². The van der Waals surface area contributed by atoms with E-state index in [9.17, 15) is 12.8 Å². The summed E-state index contributed by atoms with van der Waals surface area (Å²) in [7, 11) is -3.39. The van der Waals surface area contributed by atoms with Crippen molar-refractivity contribution in [3.63, 3.8) is 0 Å². The van der Waals surface area contributed by atoms with E-state index in [1.54, 1.807) is 11.3 Å². The minimum absolute atomic E-state index is 0.137. The van der Waals surface area contributed by atoms with Crippen LogP contribution in [0.2, 0.25) is 0 Å². The van der Waals surface area contributed by atoms with Crippen molar-refractivity contribution >= 4 is 37.3 Å². The summed E-state index contributed by atoms with van der Waals surface area (Å²) in [5.41, 5.74) is 0.567. The molecule has 108 valence electrons. The Balaban J connectivity index is 1.86. The lowest BCUT2D eigenvalue weighted by Gasteiger charge is -2.06. The Morgan fingerprint density at radius 1 is 1.15 bits per heavy atom. The molecule has 7 heteroatoms. The van der Waals surface area contributed by atoms with E-state index < -0.39 is 10.0 Å². The molecule has 3 nitrogen and oxygen atoms in total. The van der Waals surface area contributed by atoms with Gasteiger partial charge in [-0.3, -0.25) is 0 Å². The summed E-state index contributed by atoms with van der Waals surface area (Å²) < 4.78 is 40.1. The fraction of sp³-hybridized carbons (Fsp3) is 0.231. The van der Waals surface area contributed by atoms with Crippen LogP contribution in [0.15, 0.2) is 40.2 Å². The summed E-state index contributed by atoms with van der Waals surface area (Å²) in [4.78, 5) is 1.11. The molecule has 0 saturated heterocycles. The Morgan fingerprint density at radius 2 is 1.85 bits per heavy atom. The minimum atomic E-state index is -3.39. The molecular formula is C13H13BrFNO2S2. The minimum Gasteiger partial charge on any atom is -0.215 e. The van der Waals surface area contributed by atoms with Crippen LogP contribution in [-0.2, 0) is 22.2 Å². The number of benzene rings is 1. The quantitative estimate of drug-likeness (QED) is 0.839. The van der Waals surface area contributed by atoms with Gasteiger partial charge in [-0.25, -0.2) is 17.5 Å². The molecule has 2 aromatic rings. The van der Waals surface area contributed by atoms with Crippen LogP contribution < -0.4 is 4.72 Å². The monoisotopic (exact) mass is 377 g/mol. The normalized spacial score (nSPS) is 11.7. The van der Waals surface area contributed by atoms with Crippen LogP contribution in [0.1, 0.15) is 10.4 Å². The highest BCUT2D eigenvalue weighted by molar-refractivity contribution is 9.11. The second-order valence-electron chi connectivity index (χ2n) is 4.24. The third-order valence-electron chi connectivity index (χ3n) is 2.59. The van der Waals surface area contributed by atoms with Gasteiger partial charge in [-0.15, -0.1) is 11.3 Å². The lowest BCUT2D eigenvalue weighted by atomic mass is 10.2. The molecule has 2 rings (SSSR count). The van der Waals surface area contributed by atoms with Gasteiger partial charge in [0.15, 0.2) is 0 Å². The fourth-order valence-electron chi connectivity index (χ4n) is 1.67. The zero-order valence-electron chi connectivity index (χ0n) is 10.5. The van der Waals surface area contributed by atoms with Crippen molar-refractivity contribution in [3.05, 3.63) is 56.4 Å². The van der Waals surface area contributed by atoms with E-state index in [-0.39, 0.29) is 11.6 Å². The molecule has 1 aromatic heterocycles. The molecule has 0 saturated carbocycles. The summed E-state index contributed by atoms with van der Waals surface area (Å²) in [6.45, 7) is 0.358. The zero-order valence-corrected chi connectivity index (χ0v) is 13.7. The Kier molecular flexibility index (Phi) is 5.31. The molecule has 0 aliphatic rings. The van der Waals surface area contributed by atoms with Crippen molar-refractivity contribution in [1.82, 2.24) is 4.72 Å². The van der Waals surface area contributed by atoms with Crippen molar-refractivity contribution in [2.45, 2.75) is 12.2 Å². The van der Waals surface area contributed by atoms with E-state index in [1.165, 1.54) is 24.3 Å². The molecule has 0 radical (unpaired) electrons. The first kappa shape index (κ1) is 15.6. The van der Waals surface area contributed by atoms with Gasteiger partial charge in [-0.2, -0.15) is 0 Å². The van der Waals surface area contributed by atoms with Crippen LogP contribution in [0.4, 0.5) is 4.39 Å². The average molecular weight is 378 g/mol. The van der Waals surface area contributed by atoms with E-state index in [1.807, 2.05) is 12.1 Å². The molecule has 0 amide bonds. The van der Waals surface area contributed by atoms with Gasteiger partial charge in [0.25, 0.3) is 0 Å². The molecule has 0 atom stereocenters. The number of thiophene rings is 1. The number of sulfonamides is 1. The van der Waals surface area contributed by atoms with Crippen molar-refractivity contribution in [1.29, 1.82) is 0 Å². The van der Waals surface area contributed by atoms with Gasteiger partial charge < -0.3 is 0 Å². The highest BCUT2D eigenvalue weighted by Crippen LogP contribution is 2.22. The first-order chi connectivity index (χ1) is 9.44. The molecule has 0 aliphatic heterocycles. The maximum Gasteiger partial charge on any atom is 0.215 e. The van der Waals surface area contributed by atoms with E-state index in [0.717, 1.165) is 8.66 Å². The Morgan fingerprint density at radius 3 is 2.45 bits per heavy atom. The van der Waals surface area contributed by atoms with Gasteiger partial charge in [-0.05, 0) is 52.2 Å². The number of rotatable bonds is 6. The van der Waals surface area contributed by atoms with Crippen LogP contribution in [0.3, 0.4) is 0 Å². The smallest absolute Gasteiger partial charge is 0.215 e. The molecule has 0 spiro atoms. The maximum absolute atomic E-state index is 12.7. The topological polar surface area (TPSA) is 46.2 Å². The number of nitrogens with one attached hydrogen (secondary N) is 1. The van der Waals surface area contributed by atoms with Crippen LogP contribution in [0, 0.1) is 5.82 Å². The zero-order chi connectivity index (χ0) is 14.6. The summed E-state index contributed by atoms with van der Waals surface area (Å²) in [6.07, 6.45) is 0.652. The summed E-state index contributed by atoms with van der Waals surface area (Å²) in [5, 5.41) is 0. The van der Waals surface area contributed by atoms with Crippen LogP contribution in [0.25, 0.3) is 0 Å². The molecule has 0 unspecified atom stereocenters. The highest BCUT2D eigenvalue weighted by Gasteiger charge is 2.11. The van der Waals surface area contributed by atoms with Crippen LogP contribution in [0.5, 0.6) is 0 Å². The summed E-state index contributed by atoms with van der Waals surface area (Å²) in [6, 6.07) is 9.37. The highest BCUT2D eigenvalue weighted by atomic mass is 79.9. The van der Waals surface area contributed by atoms with Crippen molar-refractivity contribution < 1.29 is 12.8 Å². The average Bonchev–Trinajstić information content (AvgIpc) is 2.77. The molecule has 1 heterocycles. The molecule has 0 bridgehead atoms. The fourth-order valence-corrected chi connectivity index (χ4v) is 4.30. The summed E-state index contributed by atoms with van der Waals surface area (Å²) >= 11 is 4.95. The lowest BCUT2D eigenvalue weighted by Crippen LogP contribution is -2.27. The Hall–Kier alpha value is -0.760. The third kappa shape index (κ3) is 4.97. The van der Waals surface area contributed by atoms with E-state index >= 15 is 0 Å². The molecule has 20 heavy (non-hydrogen) atoms. The van der Waals surface area contributed by atoms with Gasteiger partial charge in [0, 0.05) is 11.4 Å². The predicted molar refractivity (Wildman–Crippen MR) is 82.7 cm³/mol. The van der Waals surface area contributed by atoms with Crippen LogP contribution in [-0.4, -0.2) is 15.0 Å². The molecule has 1 aromatic carbocycles. The molecular weight excluding hydrogens is 365 g/mol. The molecule has 1 N–H and O–H groups in total. The van der Waals surface area contributed by atoms with Gasteiger partial charge >= 0.3 is 0 Å². The van der Waals surface area contributed by atoms with Gasteiger partial charge in [-0.1, -0.05) is 12.1 Å². The van der Waals surface area contributed by atoms with Gasteiger partial charge in [0.2, 0.25) is 10.0 Å². The largest absolute Gasteiger partial charge is 0.215 e. The molecule has 0 fully saturated rings. The maximum atomic E-state index is 12.7. The first-order valence-corrected chi connectivity index (χ1v) is 9.17. The summed E-state index contributed by atoms with van der Waals surface area (Å²) in [5.74, 6) is -0.510. The standard InChI is InChI=1S/C13H13BrFNO2S2/c14-13-6-5-12(19-13)7-8-16-20(17,18)9-10-1-3-11(15)4-2-10/h1-6,16H,7-9H2. The number of halogens is 2. The Bertz CT molecular complexity index is 668. The van der Waals surface area contributed by atoms with Crippen molar-refractivity contribution in [2.24, 2.45) is 0 Å². The lowest BCUT2D eigenvalue weighted by molar-refractivity contribution is 0.580. The number of hydrogen-bond acceptors (Lipinski definition) is 3. The Labute approximate surface area is 130 Å². The molecule has 0 aliphatic carbocycles. The van der Waals surface area contributed by atoms with E-state index in [2.05, 4.69) is 20.7 Å². The second kappa shape index (κ2) is 6.80. The van der Waals surface area contributed by atoms with Crippen LogP contribution >= 0.6 is 27.3 Å². The van der Waals surface area contributed by atoms with Crippen molar-refractivity contribution in [2.75, 3.05) is 6.54 Å². The van der Waals surface area contributed by atoms with E-state index in [0.29, 0.717) is 18.5 Å². The first-order valence-electron chi connectivity index (χ1n) is 5.91. The predicted octanol–water partition coefficient (Wildman–Crippen LogP) is 3.31. The SMILES string of the molecule is O=S(=O)(Cc1ccc(F)cc1)NCCc1ccc(Br)s1.